The SMILES string of the molecule is CC(=O)NCCCCC(N)C(=O)O.CC(C)(N)C(=O)O.NC(CCCCNC(=O)CCS)C(=O)O. The van der Waals surface area contributed by atoms with E-state index in [-0.39, 0.29) is 11.8 Å². The highest BCUT2D eigenvalue weighted by Gasteiger charge is 2.19. The Balaban J connectivity index is -0.000000467. The lowest BCUT2D eigenvalue weighted by Gasteiger charge is -2.09. The minimum atomic E-state index is -1.08. The van der Waals surface area contributed by atoms with E-state index in [2.05, 4.69) is 23.3 Å². The zero-order valence-electron chi connectivity index (χ0n) is 20.8. The summed E-state index contributed by atoms with van der Waals surface area (Å²) < 4.78 is 0. The topological polar surface area (TPSA) is 248 Å². The summed E-state index contributed by atoms with van der Waals surface area (Å²) in [6.07, 6.45) is 4.24. The number of carboxylic acids is 3. The maximum Gasteiger partial charge on any atom is 0.323 e. The molecule has 0 fully saturated rings. The van der Waals surface area contributed by atoms with Gasteiger partial charge >= 0.3 is 17.9 Å². The molecule has 13 nitrogen and oxygen atoms in total. The van der Waals surface area contributed by atoms with Crippen LogP contribution in [0.25, 0.3) is 0 Å². The first-order valence-electron chi connectivity index (χ1n) is 11.2. The van der Waals surface area contributed by atoms with Gasteiger partial charge in [-0.1, -0.05) is 0 Å². The molecule has 14 heteroatoms. The van der Waals surface area contributed by atoms with Crippen molar-refractivity contribution in [3.8, 4) is 0 Å². The van der Waals surface area contributed by atoms with Crippen LogP contribution in [0.15, 0.2) is 0 Å². The molecule has 2 amide bonds. The predicted molar refractivity (Wildman–Crippen MR) is 135 cm³/mol. The van der Waals surface area contributed by atoms with Crippen molar-refractivity contribution in [1.29, 1.82) is 0 Å². The van der Waals surface area contributed by atoms with Crippen molar-refractivity contribution in [2.24, 2.45) is 17.2 Å². The Hall–Kier alpha value is -2.42. The molecule has 0 radical (unpaired) electrons. The summed E-state index contributed by atoms with van der Waals surface area (Å²) in [6, 6.07) is -1.57. The van der Waals surface area contributed by atoms with Crippen LogP contribution in [-0.4, -0.2) is 81.5 Å². The monoisotopic (exact) mass is 525 g/mol. The molecule has 0 aromatic carbocycles. The summed E-state index contributed by atoms with van der Waals surface area (Å²) in [7, 11) is 0. The van der Waals surface area contributed by atoms with Gasteiger partial charge in [-0.05, 0) is 58.1 Å². The Bertz CT molecular complexity index is 644. The number of carbonyl (C=O) groups is 5. The number of nitrogens with two attached hydrogens (primary N) is 3. The van der Waals surface area contributed by atoms with Crippen molar-refractivity contribution in [1.82, 2.24) is 10.6 Å². The van der Waals surface area contributed by atoms with Crippen molar-refractivity contribution < 1.29 is 39.3 Å². The van der Waals surface area contributed by atoms with Crippen molar-refractivity contribution in [3.05, 3.63) is 0 Å². The zero-order chi connectivity index (χ0) is 28.0. The van der Waals surface area contributed by atoms with Crippen molar-refractivity contribution in [2.75, 3.05) is 18.8 Å². The fraction of sp³-hybridized carbons (Fsp3) is 0.762. The first-order chi connectivity index (χ1) is 16.1. The minimum absolute atomic E-state index is 0.0208. The lowest BCUT2D eigenvalue weighted by molar-refractivity contribution is -0.142. The molecule has 0 rings (SSSR count). The Morgan fingerprint density at radius 2 is 1.20 bits per heavy atom. The minimum Gasteiger partial charge on any atom is -0.480 e. The summed E-state index contributed by atoms with van der Waals surface area (Å²) in [5.41, 5.74) is 14.6. The van der Waals surface area contributed by atoms with E-state index in [4.69, 9.17) is 32.5 Å². The third kappa shape index (κ3) is 29.5. The molecule has 0 aliphatic heterocycles. The standard InChI is InChI=1S/C9H18N2O3S.C8H16N2O3.C4H9NO2/c10-7(9(13)14)3-1-2-5-11-8(12)4-6-15;1-6(11)10-5-3-2-4-7(9)8(12)13;1-4(2,5)3(6)7/h7,15H,1-6,10H2,(H,11,12)(H,13,14);7H,2-5,9H2,1H3,(H,10,11)(H,12,13);5H2,1-2H3,(H,6,7). The zero-order valence-corrected chi connectivity index (χ0v) is 21.7. The number of hydrogen-bond donors (Lipinski definition) is 9. The predicted octanol–water partition coefficient (Wildman–Crippen LogP) is -0.482. The molecular formula is C21H43N5O8S. The molecule has 0 saturated heterocycles. The third-order valence-electron chi connectivity index (χ3n) is 4.10. The molecule has 0 saturated carbocycles. The number of aliphatic carboxylic acids is 3. The largest absolute Gasteiger partial charge is 0.480 e. The lowest BCUT2D eigenvalue weighted by atomic mass is 10.1. The van der Waals surface area contributed by atoms with Gasteiger partial charge in [0, 0.05) is 26.4 Å². The summed E-state index contributed by atoms with van der Waals surface area (Å²) in [6.45, 7) is 5.48. The van der Waals surface area contributed by atoms with Crippen LogP contribution in [0.5, 0.6) is 0 Å². The highest BCUT2D eigenvalue weighted by molar-refractivity contribution is 7.80. The van der Waals surface area contributed by atoms with E-state index in [1.165, 1.54) is 20.8 Å². The van der Waals surface area contributed by atoms with Crippen LogP contribution in [0.4, 0.5) is 0 Å². The number of carbonyl (C=O) groups excluding carboxylic acids is 2. The average molecular weight is 526 g/mol. The highest BCUT2D eigenvalue weighted by Crippen LogP contribution is 1.99. The van der Waals surface area contributed by atoms with Crippen LogP contribution in [0.1, 0.15) is 65.7 Å². The van der Waals surface area contributed by atoms with Crippen LogP contribution in [0, 0.1) is 0 Å². The van der Waals surface area contributed by atoms with E-state index in [9.17, 15) is 24.0 Å². The molecule has 11 N–H and O–H groups in total. The van der Waals surface area contributed by atoms with Gasteiger partial charge in [0.2, 0.25) is 11.8 Å². The summed E-state index contributed by atoms with van der Waals surface area (Å²) >= 11 is 3.93. The van der Waals surface area contributed by atoms with Gasteiger partial charge in [-0.3, -0.25) is 24.0 Å². The summed E-state index contributed by atoms with van der Waals surface area (Å²) in [5, 5.41) is 30.4. The van der Waals surface area contributed by atoms with E-state index in [0.29, 0.717) is 50.9 Å². The Kier molecular flexibility index (Phi) is 23.4. The second-order valence-electron chi connectivity index (χ2n) is 8.21. The van der Waals surface area contributed by atoms with Crippen molar-refractivity contribution in [3.63, 3.8) is 0 Å². The first kappa shape index (κ1) is 37.1. The molecule has 0 aromatic rings. The number of rotatable bonds is 15. The summed E-state index contributed by atoms with van der Waals surface area (Å²) in [5.74, 6) is -2.48. The fourth-order valence-electron chi connectivity index (χ4n) is 1.91. The first-order valence-corrected chi connectivity index (χ1v) is 11.8. The number of carboxylic acid groups (broad SMARTS) is 3. The van der Waals surface area contributed by atoms with Gasteiger partial charge in [0.15, 0.2) is 0 Å². The molecule has 0 bridgehead atoms. The number of amides is 2. The van der Waals surface area contributed by atoms with Gasteiger partial charge in [0.1, 0.15) is 17.6 Å². The van der Waals surface area contributed by atoms with Crippen LogP contribution in [-0.2, 0) is 24.0 Å². The molecule has 0 spiro atoms. The van der Waals surface area contributed by atoms with Gasteiger partial charge in [-0.15, -0.1) is 0 Å². The van der Waals surface area contributed by atoms with Crippen LogP contribution in [0.2, 0.25) is 0 Å². The van der Waals surface area contributed by atoms with E-state index < -0.39 is 35.5 Å². The number of hydrogen-bond acceptors (Lipinski definition) is 9. The normalized spacial score (nSPS) is 12.0. The van der Waals surface area contributed by atoms with Gasteiger partial charge in [-0.2, -0.15) is 12.6 Å². The Labute approximate surface area is 212 Å². The smallest absolute Gasteiger partial charge is 0.323 e. The molecular weight excluding hydrogens is 482 g/mol. The molecule has 0 heterocycles. The van der Waals surface area contributed by atoms with E-state index in [0.717, 1.165) is 12.8 Å². The fourth-order valence-corrected chi connectivity index (χ4v) is 2.11. The van der Waals surface area contributed by atoms with Gasteiger partial charge in [-0.25, -0.2) is 0 Å². The van der Waals surface area contributed by atoms with E-state index in [1.807, 2.05) is 0 Å². The Morgan fingerprint density at radius 1 is 0.829 bits per heavy atom. The van der Waals surface area contributed by atoms with Gasteiger partial charge in [0.05, 0.1) is 0 Å². The molecule has 35 heavy (non-hydrogen) atoms. The maximum absolute atomic E-state index is 11.0. The Morgan fingerprint density at radius 3 is 1.49 bits per heavy atom. The average Bonchev–Trinajstić information content (AvgIpc) is 2.73. The molecule has 2 atom stereocenters. The van der Waals surface area contributed by atoms with E-state index >= 15 is 0 Å². The van der Waals surface area contributed by atoms with E-state index in [1.54, 1.807) is 0 Å². The van der Waals surface area contributed by atoms with Crippen LogP contribution in [0.3, 0.4) is 0 Å². The number of nitrogens with one attached hydrogen (secondary N) is 2. The third-order valence-corrected chi connectivity index (χ3v) is 4.33. The maximum atomic E-state index is 11.0. The summed E-state index contributed by atoms with van der Waals surface area (Å²) in [4.78, 5) is 51.9. The van der Waals surface area contributed by atoms with Crippen molar-refractivity contribution >= 4 is 42.4 Å². The molecule has 0 aliphatic carbocycles. The highest BCUT2D eigenvalue weighted by atomic mass is 32.1. The number of unbranched alkanes of at least 4 members (excludes halogenated alkanes) is 2. The number of thiol groups is 1. The molecule has 2 unspecified atom stereocenters. The second kappa shape index (κ2) is 22.1. The van der Waals surface area contributed by atoms with Crippen molar-refractivity contribution in [2.45, 2.75) is 83.3 Å². The van der Waals surface area contributed by atoms with Crippen LogP contribution < -0.4 is 27.8 Å². The lowest BCUT2D eigenvalue weighted by Crippen LogP contribution is -2.41. The quantitative estimate of drug-likeness (QED) is 0.0974. The molecule has 206 valence electrons. The second-order valence-corrected chi connectivity index (χ2v) is 8.66. The molecule has 0 aromatic heterocycles. The molecule has 0 aliphatic rings. The van der Waals surface area contributed by atoms with Gasteiger partial charge in [0.25, 0.3) is 0 Å². The van der Waals surface area contributed by atoms with Crippen LogP contribution >= 0.6 is 12.6 Å². The van der Waals surface area contributed by atoms with Gasteiger partial charge < -0.3 is 43.2 Å².